The van der Waals surface area contributed by atoms with Crippen molar-refractivity contribution in [2.45, 2.75) is 55.9 Å². The molecule has 0 amide bonds. The minimum atomic E-state index is -1.44. The molecule has 3 fully saturated rings. The Balaban J connectivity index is 1.32. The van der Waals surface area contributed by atoms with E-state index in [1.165, 1.54) is 14.2 Å². The predicted molar refractivity (Wildman–Crippen MR) is 138 cm³/mol. The summed E-state index contributed by atoms with van der Waals surface area (Å²) in [6.45, 7) is 1.93. The van der Waals surface area contributed by atoms with Crippen LogP contribution in [0.4, 0.5) is 0 Å². The average molecular weight is 589 g/mol. The maximum absolute atomic E-state index is 13.4. The summed E-state index contributed by atoms with van der Waals surface area (Å²) in [5.41, 5.74) is 2.01. The van der Waals surface area contributed by atoms with Gasteiger partial charge >= 0.3 is 5.97 Å². The first kappa shape index (κ1) is 27.5. The van der Waals surface area contributed by atoms with Gasteiger partial charge in [0, 0.05) is 11.8 Å². The highest BCUT2D eigenvalue weighted by atomic mass is 16.8. The third-order valence-electron chi connectivity index (χ3n) is 8.75. The van der Waals surface area contributed by atoms with Crippen LogP contribution in [-0.2, 0) is 28.5 Å². The Morgan fingerprint density at radius 3 is 2.26 bits per heavy atom. The number of hydrogen-bond acceptors (Lipinski definition) is 13. The molecule has 0 unspecified atom stereocenters. The maximum Gasteiger partial charge on any atom is 0.310 e. The van der Waals surface area contributed by atoms with Crippen molar-refractivity contribution < 1.29 is 62.7 Å². The first-order chi connectivity index (χ1) is 20.3. The van der Waals surface area contributed by atoms with Gasteiger partial charge in [0.15, 0.2) is 35.6 Å². The molecule has 4 aliphatic heterocycles. The summed E-state index contributed by atoms with van der Waals surface area (Å²) in [4.78, 5) is 13.4. The number of carbonyl (C=O) groups excluding carboxylic acids is 1. The normalized spacial score (nSPS) is 36.5. The van der Waals surface area contributed by atoms with Crippen LogP contribution in [0.3, 0.4) is 0 Å². The van der Waals surface area contributed by atoms with Crippen molar-refractivity contribution in [1.29, 1.82) is 0 Å². The second-order valence-electron chi connectivity index (χ2n) is 11.0. The minimum Gasteiger partial charge on any atom is -0.502 e. The van der Waals surface area contributed by atoms with E-state index in [1.807, 2.05) is 0 Å². The molecule has 5 aliphatic rings. The number of aliphatic hydroxyl groups is 2. The number of hydrogen-bond donors (Lipinski definition) is 3. The summed E-state index contributed by atoms with van der Waals surface area (Å²) >= 11 is 0. The van der Waals surface area contributed by atoms with Crippen LogP contribution >= 0.6 is 0 Å². The number of esters is 1. The summed E-state index contributed by atoms with van der Waals surface area (Å²) in [6, 6.07) is 6.93. The van der Waals surface area contributed by atoms with Gasteiger partial charge in [-0.3, -0.25) is 4.79 Å². The summed E-state index contributed by atoms with van der Waals surface area (Å²) in [5, 5.41) is 32.5. The van der Waals surface area contributed by atoms with E-state index in [2.05, 4.69) is 0 Å². The van der Waals surface area contributed by atoms with Crippen molar-refractivity contribution in [2.75, 3.05) is 34.2 Å². The monoisotopic (exact) mass is 588 g/mol. The number of carbonyl (C=O) groups is 1. The molecule has 1 aliphatic carbocycles. The second kappa shape index (κ2) is 10.4. The second-order valence-corrected chi connectivity index (χ2v) is 11.0. The molecule has 0 aromatic heterocycles. The fourth-order valence-corrected chi connectivity index (χ4v) is 6.74. The van der Waals surface area contributed by atoms with Gasteiger partial charge in [-0.15, -0.1) is 0 Å². The lowest BCUT2D eigenvalue weighted by Crippen LogP contribution is -2.63. The van der Waals surface area contributed by atoms with E-state index >= 15 is 0 Å². The van der Waals surface area contributed by atoms with Crippen LogP contribution < -0.4 is 18.9 Å². The van der Waals surface area contributed by atoms with Gasteiger partial charge in [-0.2, -0.15) is 0 Å². The SMILES string of the molecule is COc1cc([C@@H]2c3cc4c(cc3[C@H](O[C@@H]3O[C@@H]5CO[C@H](C)O[C@@H]5[C@H](O)[C@H]3O)[C@H]3COC(=O)[C@H]23)OCO4)cc(OC)c1O. The van der Waals surface area contributed by atoms with Crippen molar-refractivity contribution in [2.24, 2.45) is 11.8 Å². The number of ether oxygens (including phenoxy) is 9. The minimum absolute atomic E-state index is 0.0301. The van der Waals surface area contributed by atoms with Gasteiger partial charge in [-0.25, -0.2) is 0 Å². The molecule has 226 valence electrons. The van der Waals surface area contributed by atoms with Gasteiger partial charge in [0.2, 0.25) is 12.5 Å². The van der Waals surface area contributed by atoms with E-state index < -0.39 is 66.8 Å². The predicted octanol–water partition coefficient (Wildman–Crippen LogP) is 1.34. The van der Waals surface area contributed by atoms with E-state index in [4.69, 9.17) is 42.6 Å². The third kappa shape index (κ3) is 4.26. The lowest BCUT2D eigenvalue weighted by molar-refractivity contribution is -0.364. The molecular formula is C29H32O13. The van der Waals surface area contributed by atoms with E-state index in [0.717, 1.165) is 0 Å². The van der Waals surface area contributed by atoms with Gasteiger partial charge in [-0.1, -0.05) is 0 Å². The van der Waals surface area contributed by atoms with Gasteiger partial charge in [0.1, 0.15) is 24.4 Å². The molecule has 0 radical (unpaired) electrons. The Morgan fingerprint density at radius 1 is 0.881 bits per heavy atom. The number of aliphatic hydroxyl groups excluding tert-OH is 2. The van der Waals surface area contributed by atoms with Gasteiger partial charge in [0.25, 0.3) is 0 Å². The quantitative estimate of drug-likeness (QED) is 0.430. The van der Waals surface area contributed by atoms with Crippen molar-refractivity contribution in [1.82, 2.24) is 0 Å². The van der Waals surface area contributed by atoms with Crippen LogP contribution in [0.15, 0.2) is 24.3 Å². The van der Waals surface area contributed by atoms with Gasteiger partial charge in [-0.05, 0) is 47.9 Å². The van der Waals surface area contributed by atoms with E-state index in [0.29, 0.717) is 28.2 Å². The number of methoxy groups -OCH3 is 2. The number of aromatic hydroxyl groups is 1. The standard InChI is InChI=1S/C29H32O13/c1-11-36-9-20-27(40-11)24(31)25(32)29(41-20)42-26-14-7-17-16(38-10-39-17)6-13(14)21(22-15(26)8-37-28(22)33)12-4-18(34-2)23(30)19(5-12)35-3/h4-7,11,15,20-22,24-27,29-32H,8-10H2,1-3H3/t11-,15-,20+,21+,22-,24+,25+,26-,27-,29-/m0/s1. The molecule has 3 N–H and O–H groups in total. The zero-order valence-electron chi connectivity index (χ0n) is 23.1. The maximum atomic E-state index is 13.4. The molecule has 0 bridgehead atoms. The highest BCUT2D eigenvalue weighted by molar-refractivity contribution is 5.79. The Kier molecular flexibility index (Phi) is 6.83. The van der Waals surface area contributed by atoms with E-state index in [-0.39, 0.29) is 37.3 Å². The molecular weight excluding hydrogens is 556 g/mol. The molecule has 2 aromatic rings. The number of cyclic esters (lactones) is 1. The summed E-state index contributed by atoms with van der Waals surface area (Å²) in [6.07, 6.45) is -6.80. The Hall–Kier alpha value is -3.33. The number of rotatable bonds is 5. The highest BCUT2D eigenvalue weighted by Gasteiger charge is 2.56. The molecule has 0 saturated carbocycles. The van der Waals surface area contributed by atoms with Crippen LogP contribution in [0.25, 0.3) is 0 Å². The number of phenols is 1. The van der Waals surface area contributed by atoms with Crippen molar-refractivity contribution >= 4 is 5.97 Å². The summed E-state index contributed by atoms with van der Waals surface area (Å²) < 4.78 is 51.5. The lowest BCUT2D eigenvalue weighted by atomic mass is 9.66. The third-order valence-corrected chi connectivity index (χ3v) is 8.75. The molecule has 0 spiro atoms. The first-order valence-corrected chi connectivity index (χ1v) is 13.8. The summed E-state index contributed by atoms with van der Waals surface area (Å²) in [7, 11) is 2.86. The average Bonchev–Trinajstić information content (AvgIpc) is 3.61. The van der Waals surface area contributed by atoms with Crippen LogP contribution in [0.5, 0.6) is 28.7 Å². The zero-order valence-corrected chi connectivity index (χ0v) is 23.1. The van der Waals surface area contributed by atoms with Crippen LogP contribution in [0, 0.1) is 11.8 Å². The number of benzene rings is 2. The molecule has 42 heavy (non-hydrogen) atoms. The van der Waals surface area contributed by atoms with Gasteiger partial charge < -0.3 is 58.0 Å². The van der Waals surface area contributed by atoms with Crippen molar-refractivity contribution in [3.05, 3.63) is 41.0 Å². The van der Waals surface area contributed by atoms with Gasteiger partial charge in [0.05, 0.1) is 39.5 Å². The highest BCUT2D eigenvalue weighted by Crippen LogP contribution is 2.57. The van der Waals surface area contributed by atoms with Crippen LogP contribution in [0.1, 0.15) is 35.6 Å². The lowest BCUT2D eigenvalue weighted by Gasteiger charge is -2.47. The molecule has 3 saturated heterocycles. The Bertz CT molecular complexity index is 1350. The van der Waals surface area contributed by atoms with Crippen molar-refractivity contribution in [3.63, 3.8) is 0 Å². The zero-order chi connectivity index (χ0) is 29.3. The number of fused-ring (bicyclic) bond motifs is 4. The Morgan fingerprint density at radius 2 is 1.57 bits per heavy atom. The smallest absolute Gasteiger partial charge is 0.310 e. The fraction of sp³-hybridized carbons (Fsp3) is 0.552. The molecule has 2 aromatic carbocycles. The Labute approximate surface area is 240 Å². The first-order valence-electron chi connectivity index (χ1n) is 13.8. The number of phenolic OH excluding ortho intramolecular Hbond substituents is 1. The molecule has 7 rings (SSSR count). The molecule has 4 heterocycles. The fourth-order valence-electron chi connectivity index (χ4n) is 6.74. The van der Waals surface area contributed by atoms with E-state index in [1.54, 1.807) is 31.2 Å². The topological polar surface area (TPSA) is 161 Å². The molecule has 13 heteroatoms. The summed E-state index contributed by atoms with van der Waals surface area (Å²) in [5.74, 6) is -1.02. The largest absolute Gasteiger partial charge is 0.502 e. The van der Waals surface area contributed by atoms with Crippen molar-refractivity contribution in [3.8, 4) is 28.7 Å². The molecule has 10 atom stereocenters. The van der Waals surface area contributed by atoms with Crippen LogP contribution in [0.2, 0.25) is 0 Å². The van der Waals surface area contributed by atoms with Crippen LogP contribution in [-0.4, -0.2) is 92.5 Å². The van der Waals surface area contributed by atoms with E-state index in [9.17, 15) is 20.1 Å². The molecule has 13 nitrogen and oxygen atoms in total.